The molecule has 188 valence electrons. The van der Waals surface area contributed by atoms with Crippen LogP contribution in [0.15, 0.2) is 0 Å². The molecule has 1 saturated heterocycles. The van der Waals surface area contributed by atoms with Gasteiger partial charge in [0.1, 0.15) is 5.60 Å². The predicted octanol–water partition coefficient (Wildman–Crippen LogP) is 5.24. The van der Waals surface area contributed by atoms with Gasteiger partial charge in [-0.25, -0.2) is 0 Å². The van der Waals surface area contributed by atoms with E-state index in [0.29, 0.717) is 30.3 Å². The third-order valence-electron chi connectivity index (χ3n) is 10.5. The van der Waals surface area contributed by atoms with Crippen molar-refractivity contribution in [2.75, 3.05) is 6.61 Å². The summed E-state index contributed by atoms with van der Waals surface area (Å²) in [6, 6.07) is 0. The Morgan fingerprint density at radius 1 is 1.06 bits per heavy atom. The van der Waals surface area contributed by atoms with Crippen LogP contribution < -0.4 is 0 Å². The topological polar surface area (TPSA) is 72.8 Å². The van der Waals surface area contributed by atoms with Crippen molar-refractivity contribution in [3.8, 4) is 0 Å². The summed E-state index contributed by atoms with van der Waals surface area (Å²) >= 11 is 0. The highest BCUT2D eigenvalue weighted by atomic mass is 16.6. The van der Waals surface area contributed by atoms with Gasteiger partial charge in [0.25, 0.3) is 0 Å². The lowest BCUT2D eigenvalue weighted by Crippen LogP contribution is -2.38. The average molecular weight is 463 g/mol. The lowest BCUT2D eigenvalue weighted by molar-refractivity contribution is -0.158. The highest BCUT2D eigenvalue weighted by Crippen LogP contribution is 2.64. The summed E-state index contributed by atoms with van der Waals surface area (Å²) in [5.41, 5.74) is -0.510. The van der Waals surface area contributed by atoms with Crippen LogP contribution in [0.3, 0.4) is 0 Å². The Bertz CT molecular complexity index is 752. The molecule has 0 amide bonds. The lowest BCUT2D eigenvalue weighted by Gasteiger charge is -2.37. The van der Waals surface area contributed by atoms with Gasteiger partial charge in [-0.2, -0.15) is 0 Å². The Balaban J connectivity index is 0.000000163. The van der Waals surface area contributed by atoms with E-state index in [-0.39, 0.29) is 23.8 Å². The summed E-state index contributed by atoms with van der Waals surface area (Å²) in [6.45, 7) is 15.5. The van der Waals surface area contributed by atoms with Gasteiger partial charge in [-0.05, 0) is 106 Å². The van der Waals surface area contributed by atoms with Crippen LogP contribution in [0.1, 0.15) is 87.0 Å². The minimum Gasteiger partial charge on any atom is -0.465 e. The van der Waals surface area contributed by atoms with Gasteiger partial charge < -0.3 is 14.6 Å². The standard InChI is InChI=1S/C16H28O3.C12H18O2/c1-9-10(2)12-6-11(9)7-13(12)14(17)8-15(18)19-16(3,4)5;1-7-8(2)10-5-9(7)6-12(10)3-4-14-11(12)13/h9-14,17H,6-8H2,1-5H3;7-10H,3-6H2,1-2H3. The van der Waals surface area contributed by atoms with Crippen LogP contribution in [0.25, 0.3) is 0 Å². The quantitative estimate of drug-likeness (QED) is 0.581. The number of ether oxygens (including phenoxy) is 2. The molecule has 5 rings (SSSR count). The molecule has 4 aliphatic carbocycles. The molecular formula is C28H46O5. The molecule has 1 aliphatic heterocycles. The van der Waals surface area contributed by atoms with E-state index in [4.69, 9.17) is 9.47 Å². The molecule has 0 radical (unpaired) electrons. The summed E-state index contributed by atoms with van der Waals surface area (Å²) in [7, 11) is 0. The maximum atomic E-state index is 11.8. The van der Waals surface area contributed by atoms with E-state index in [9.17, 15) is 14.7 Å². The SMILES string of the molecule is CC1C2CC(C(O)CC(=O)OC(C)(C)C)C(C2)C1C.CC1C2CC(C1C)C1(CCOC1=O)C2. The van der Waals surface area contributed by atoms with E-state index in [0.717, 1.165) is 48.9 Å². The number of hydrogen-bond acceptors (Lipinski definition) is 5. The first-order valence-corrected chi connectivity index (χ1v) is 13.4. The fourth-order valence-electron chi connectivity index (χ4n) is 8.41. The van der Waals surface area contributed by atoms with E-state index in [1.807, 2.05) is 20.8 Å². The van der Waals surface area contributed by atoms with Gasteiger partial charge in [0.2, 0.25) is 0 Å². The number of carbonyl (C=O) groups excluding carboxylic acids is 2. The molecule has 0 aromatic rings. The molecule has 5 aliphatic rings. The molecule has 1 N–H and O–H groups in total. The van der Waals surface area contributed by atoms with Gasteiger partial charge in [0.05, 0.1) is 24.5 Å². The van der Waals surface area contributed by atoms with Crippen LogP contribution >= 0.6 is 0 Å². The Morgan fingerprint density at radius 2 is 1.73 bits per heavy atom. The summed E-state index contributed by atoms with van der Waals surface area (Å²) < 4.78 is 10.5. The molecule has 1 spiro atoms. The van der Waals surface area contributed by atoms with Crippen molar-refractivity contribution in [3.63, 3.8) is 0 Å². The molecule has 11 atom stereocenters. The van der Waals surface area contributed by atoms with E-state index >= 15 is 0 Å². The van der Waals surface area contributed by atoms with Gasteiger partial charge in [-0.3, -0.25) is 9.59 Å². The summed E-state index contributed by atoms with van der Waals surface area (Å²) in [5.74, 6) is 5.88. The zero-order chi connectivity index (χ0) is 24.3. The number of fused-ring (bicyclic) bond motifs is 5. The number of aliphatic hydroxyl groups is 1. The Kier molecular flexibility index (Phi) is 6.70. The number of hydrogen-bond donors (Lipinski definition) is 1. The molecule has 5 heteroatoms. The molecule has 4 saturated carbocycles. The third kappa shape index (κ3) is 4.48. The predicted molar refractivity (Wildman–Crippen MR) is 127 cm³/mol. The second-order valence-corrected chi connectivity index (χ2v) is 13.2. The Morgan fingerprint density at radius 3 is 2.21 bits per heavy atom. The van der Waals surface area contributed by atoms with Gasteiger partial charge in [-0.1, -0.05) is 27.7 Å². The van der Waals surface area contributed by atoms with Crippen molar-refractivity contribution in [2.45, 2.75) is 98.7 Å². The third-order valence-corrected chi connectivity index (χ3v) is 10.5. The second-order valence-electron chi connectivity index (χ2n) is 13.2. The summed E-state index contributed by atoms with van der Waals surface area (Å²) in [5, 5.41) is 10.3. The average Bonchev–Trinajstić information content (AvgIpc) is 3.49. The molecular weight excluding hydrogens is 416 g/mol. The van der Waals surface area contributed by atoms with Crippen LogP contribution in [-0.2, 0) is 19.1 Å². The van der Waals surface area contributed by atoms with Gasteiger partial charge >= 0.3 is 11.9 Å². The van der Waals surface area contributed by atoms with E-state index in [2.05, 4.69) is 27.7 Å². The molecule has 4 bridgehead atoms. The minimum absolute atomic E-state index is 0.0450. The Hall–Kier alpha value is -1.10. The lowest BCUT2D eigenvalue weighted by atomic mass is 9.65. The number of aliphatic hydroxyl groups excluding tert-OH is 1. The van der Waals surface area contributed by atoms with Crippen molar-refractivity contribution >= 4 is 11.9 Å². The zero-order valence-corrected chi connectivity index (χ0v) is 21.8. The van der Waals surface area contributed by atoms with Crippen molar-refractivity contribution < 1.29 is 24.2 Å². The fraction of sp³-hybridized carbons (Fsp3) is 0.929. The Labute approximate surface area is 200 Å². The van der Waals surface area contributed by atoms with Crippen LogP contribution in [0.5, 0.6) is 0 Å². The number of carbonyl (C=O) groups is 2. The highest BCUT2D eigenvalue weighted by Gasteiger charge is 2.63. The van der Waals surface area contributed by atoms with Crippen LogP contribution in [0.4, 0.5) is 0 Å². The molecule has 0 aromatic heterocycles. The number of esters is 2. The summed E-state index contributed by atoms with van der Waals surface area (Å²) in [4.78, 5) is 23.6. The van der Waals surface area contributed by atoms with Crippen LogP contribution in [-0.4, -0.2) is 35.4 Å². The summed E-state index contributed by atoms with van der Waals surface area (Å²) in [6.07, 6.45) is 5.31. The highest BCUT2D eigenvalue weighted by molar-refractivity contribution is 5.79. The largest absolute Gasteiger partial charge is 0.465 e. The van der Waals surface area contributed by atoms with Crippen molar-refractivity contribution in [2.24, 2.45) is 58.7 Å². The minimum atomic E-state index is -0.528. The molecule has 11 unspecified atom stereocenters. The smallest absolute Gasteiger partial charge is 0.312 e. The first-order valence-electron chi connectivity index (χ1n) is 13.4. The maximum absolute atomic E-state index is 11.8. The first kappa shape index (κ1) is 25.0. The monoisotopic (exact) mass is 462 g/mol. The molecule has 5 fully saturated rings. The van der Waals surface area contributed by atoms with Gasteiger partial charge in [-0.15, -0.1) is 0 Å². The number of cyclic esters (lactones) is 1. The molecule has 5 nitrogen and oxygen atoms in total. The van der Waals surface area contributed by atoms with E-state index in [1.54, 1.807) is 0 Å². The van der Waals surface area contributed by atoms with Crippen molar-refractivity contribution in [1.29, 1.82) is 0 Å². The van der Waals surface area contributed by atoms with Crippen LogP contribution in [0.2, 0.25) is 0 Å². The molecule has 1 heterocycles. The fourth-order valence-corrected chi connectivity index (χ4v) is 8.41. The molecule has 33 heavy (non-hydrogen) atoms. The molecule has 0 aromatic carbocycles. The van der Waals surface area contributed by atoms with E-state index in [1.165, 1.54) is 12.8 Å². The first-order chi connectivity index (χ1) is 15.3. The second kappa shape index (κ2) is 8.84. The zero-order valence-electron chi connectivity index (χ0n) is 21.8. The van der Waals surface area contributed by atoms with Crippen LogP contribution in [0, 0.1) is 58.7 Å². The maximum Gasteiger partial charge on any atom is 0.312 e. The number of rotatable bonds is 3. The normalized spacial score (nSPS) is 46.3. The van der Waals surface area contributed by atoms with Gasteiger partial charge in [0.15, 0.2) is 0 Å². The van der Waals surface area contributed by atoms with E-state index < -0.39 is 11.7 Å². The van der Waals surface area contributed by atoms with Crippen molar-refractivity contribution in [1.82, 2.24) is 0 Å². The van der Waals surface area contributed by atoms with Gasteiger partial charge in [0, 0.05) is 0 Å². The van der Waals surface area contributed by atoms with Crippen molar-refractivity contribution in [3.05, 3.63) is 0 Å².